The number of nitrogens with one attached hydrogen (secondary N) is 1. The molecule has 0 radical (unpaired) electrons. The highest BCUT2D eigenvalue weighted by atomic mass is 35.5. The molecule has 0 atom stereocenters. The summed E-state index contributed by atoms with van der Waals surface area (Å²) in [6, 6.07) is 26.8. The van der Waals surface area contributed by atoms with Crippen molar-refractivity contribution in [1.82, 2.24) is 9.66 Å². The number of hydrogen-bond acceptors (Lipinski definition) is 7. The summed E-state index contributed by atoms with van der Waals surface area (Å²) in [6.07, 6.45) is 1.53. The maximum atomic E-state index is 13.6. The molecule has 6 aromatic rings. The number of halogens is 1. The average molecular weight is 607 g/mol. The number of anilines is 1. The minimum absolute atomic E-state index is 0.203. The van der Waals surface area contributed by atoms with Crippen LogP contribution in [0.3, 0.4) is 0 Å². The predicted molar refractivity (Wildman–Crippen MR) is 172 cm³/mol. The Morgan fingerprint density at radius 1 is 1.00 bits per heavy atom. The van der Waals surface area contributed by atoms with E-state index < -0.39 is 0 Å². The molecule has 6 rings (SSSR count). The minimum atomic E-state index is -0.357. The predicted octanol–water partition coefficient (Wildman–Crippen LogP) is 7.07. The maximum absolute atomic E-state index is 13.6. The summed E-state index contributed by atoms with van der Waals surface area (Å²) in [5, 5.41) is 9.08. The molecule has 0 fully saturated rings. The summed E-state index contributed by atoms with van der Waals surface area (Å²) in [6.45, 7) is 4.00. The summed E-state index contributed by atoms with van der Waals surface area (Å²) in [4.78, 5) is 30.8. The molecule has 0 aliphatic rings. The lowest BCUT2D eigenvalue weighted by Gasteiger charge is -2.13. The van der Waals surface area contributed by atoms with E-state index in [-0.39, 0.29) is 23.9 Å². The van der Waals surface area contributed by atoms with E-state index in [1.54, 1.807) is 60.7 Å². The molecule has 0 bridgehead atoms. The first-order valence-corrected chi connectivity index (χ1v) is 14.3. The van der Waals surface area contributed by atoms with E-state index in [4.69, 9.17) is 30.5 Å². The molecule has 44 heavy (non-hydrogen) atoms. The lowest BCUT2D eigenvalue weighted by Crippen LogP contribution is -2.20. The smallest absolute Gasteiger partial charge is 0.282 e. The van der Waals surface area contributed by atoms with Crippen molar-refractivity contribution < 1.29 is 18.7 Å². The molecule has 220 valence electrons. The molecule has 0 aliphatic heterocycles. The van der Waals surface area contributed by atoms with Crippen molar-refractivity contribution in [2.75, 3.05) is 18.5 Å². The Bertz CT molecular complexity index is 2080. The number of para-hydroxylation sites is 1. The number of aromatic nitrogens is 2. The first kappa shape index (κ1) is 28.7. The second-order valence-corrected chi connectivity index (χ2v) is 10.4. The Morgan fingerprint density at radius 2 is 1.82 bits per heavy atom. The molecular weight excluding hydrogens is 580 g/mol. The average Bonchev–Trinajstić information content (AvgIpc) is 3.44. The molecule has 9 nitrogen and oxygen atoms in total. The second kappa shape index (κ2) is 12.4. The Labute approximate surface area is 257 Å². The zero-order valence-electron chi connectivity index (χ0n) is 23.9. The summed E-state index contributed by atoms with van der Waals surface area (Å²) in [5.74, 6) is 1.13. The quantitative estimate of drug-likeness (QED) is 0.176. The van der Waals surface area contributed by atoms with Gasteiger partial charge in [-0.3, -0.25) is 9.59 Å². The molecule has 0 saturated heterocycles. The van der Waals surface area contributed by atoms with E-state index in [0.29, 0.717) is 56.6 Å². The van der Waals surface area contributed by atoms with Crippen molar-refractivity contribution in [2.45, 2.75) is 13.8 Å². The molecule has 0 unspecified atom stereocenters. The van der Waals surface area contributed by atoms with Gasteiger partial charge in [0.1, 0.15) is 5.58 Å². The monoisotopic (exact) mass is 606 g/mol. The van der Waals surface area contributed by atoms with E-state index in [0.717, 1.165) is 10.9 Å². The van der Waals surface area contributed by atoms with Gasteiger partial charge in [-0.25, -0.2) is 4.98 Å². The molecule has 1 amide bonds. The Balaban J connectivity index is 1.30. The molecule has 2 aromatic heterocycles. The number of amides is 1. The Morgan fingerprint density at radius 3 is 2.64 bits per heavy atom. The molecule has 10 heteroatoms. The van der Waals surface area contributed by atoms with Crippen LogP contribution in [0.1, 0.15) is 18.1 Å². The number of fused-ring (bicyclic) bond motifs is 2. The minimum Gasteiger partial charge on any atom is -0.490 e. The van der Waals surface area contributed by atoms with Gasteiger partial charge in [0, 0.05) is 16.1 Å². The Hall–Kier alpha value is -5.41. The molecule has 0 aliphatic carbocycles. The van der Waals surface area contributed by atoms with E-state index in [1.807, 2.05) is 44.2 Å². The van der Waals surface area contributed by atoms with E-state index in [1.165, 1.54) is 10.9 Å². The van der Waals surface area contributed by atoms with Crippen LogP contribution < -0.4 is 20.3 Å². The molecule has 1 N–H and O–H groups in total. The van der Waals surface area contributed by atoms with E-state index in [9.17, 15) is 9.59 Å². The lowest BCUT2D eigenvalue weighted by atomic mass is 10.2. The maximum Gasteiger partial charge on any atom is 0.282 e. The molecular formula is C34H27ClN4O5. The van der Waals surface area contributed by atoms with Gasteiger partial charge in [-0.05, 0) is 86.1 Å². The fourth-order valence-corrected chi connectivity index (χ4v) is 4.79. The van der Waals surface area contributed by atoms with Crippen molar-refractivity contribution in [3.63, 3.8) is 0 Å². The number of ether oxygens (including phenoxy) is 2. The molecule has 0 spiro atoms. The molecule has 4 aromatic carbocycles. The fraction of sp³-hybridized carbons (Fsp3) is 0.118. The van der Waals surface area contributed by atoms with Crippen molar-refractivity contribution in [2.24, 2.45) is 5.10 Å². The number of carbonyl (C=O) groups is 1. The number of nitrogens with zero attached hydrogens (tertiary/aromatic N) is 3. The highest BCUT2D eigenvalue weighted by Gasteiger charge is 2.17. The van der Waals surface area contributed by atoms with Crippen molar-refractivity contribution in [3.05, 3.63) is 117 Å². The van der Waals surface area contributed by atoms with Crippen LogP contribution in [0.15, 0.2) is 105 Å². The summed E-state index contributed by atoms with van der Waals surface area (Å²) in [5.41, 5.74) is 3.18. The zero-order valence-corrected chi connectivity index (χ0v) is 24.7. The number of carbonyl (C=O) groups excluding carboxylic acids is 1. The normalized spacial score (nSPS) is 11.3. The first-order valence-electron chi connectivity index (χ1n) is 13.9. The number of rotatable bonds is 9. The fourth-order valence-electron chi connectivity index (χ4n) is 4.61. The first-order chi connectivity index (χ1) is 21.4. The van der Waals surface area contributed by atoms with Crippen molar-refractivity contribution >= 4 is 51.3 Å². The second-order valence-electron chi connectivity index (χ2n) is 9.95. The van der Waals surface area contributed by atoms with Gasteiger partial charge in [-0.2, -0.15) is 9.78 Å². The topological polar surface area (TPSA) is 108 Å². The third-order valence-corrected chi connectivity index (χ3v) is 6.97. The summed E-state index contributed by atoms with van der Waals surface area (Å²) >= 11 is 6.17. The van der Waals surface area contributed by atoms with Crippen LogP contribution in [-0.4, -0.2) is 35.0 Å². The van der Waals surface area contributed by atoms with Gasteiger partial charge in [0.15, 0.2) is 23.9 Å². The van der Waals surface area contributed by atoms with Crippen molar-refractivity contribution in [3.8, 4) is 23.1 Å². The van der Waals surface area contributed by atoms with E-state index >= 15 is 0 Å². The molecule has 2 heterocycles. The third kappa shape index (κ3) is 6.18. The number of aryl methyl sites for hydroxylation is 1. The van der Waals surface area contributed by atoms with Crippen LogP contribution in [0.25, 0.3) is 33.5 Å². The van der Waals surface area contributed by atoms with Gasteiger partial charge in [0.25, 0.3) is 11.5 Å². The highest BCUT2D eigenvalue weighted by molar-refractivity contribution is 6.31. The van der Waals surface area contributed by atoms with Gasteiger partial charge in [-0.15, -0.1) is 0 Å². The van der Waals surface area contributed by atoms with Gasteiger partial charge < -0.3 is 19.2 Å². The summed E-state index contributed by atoms with van der Waals surface area (Å²) in [7, 11) is 0. The lowest BCUT2D eigenvalue weighted by molar-refractivity contribution is -0.118. The number of furan rings is 1. The third-order valence-electron chi connectivity index (χ3n) is 6.74. The highest BCUT2D eigenvalue weighted by Crippen LogP contribution is 2.30. The van der Waals surface area contributed by atoms with Crippen LogP contribution in [0.4, 0.5) is 5.69 Å². The van der Waals surface area contributed by atoms with Crippen molar-refractivity contribution in [1.29, 1.82) is 0 Å². The van der Waals surface area contributed by atoms with Crippen LogP contribution in [-0.2, 0) is 4.79 Å². The Kier molecular flexibility index (Phi) is 8.12. The zero-order chi connectivity index (χ0) is 30.6. The number of hydrogen-bond donors (Lipinski definition) is 1. The number of benzene rings is 4. The SMILES string of the molecule is CCOc1cc(C=Nn2c(-c3cc4cc(Cl)ccc4o3)nc3ccccc3c2=O)ccc1OCC(=O)Nc1ccc(C)cc1. The summed E-state index contributed by atoms with van der Waals surface area (Å²) < 4.78 is 18.8. The van der Waals surface area contributed by atoms with Crippen LogP contribution in [0.2, 0.25) is 5.02 Å². The van der Waals surface area contributed by atoms with Gasteiger partial charge in [0.05, 0.1) is 23.7 Å². The van der Waals surface area contributed by atoms with Gasteiger partial charge >= 0.3 is 0 Å². The van der Waals surface area contributed by atoms with Crippen LogP contribution in [0, 0.1) is 6.92 Å². The van der Waals surface area contributed by atoms with Crippen LogP contribution in [0.5, 0.6) is 11.5 Å². The van der Waals surface area contributed by atoms with Gasteiger partial charge in [-0.1, -0.05) is 41.4 Å². The van der Waals surface area contributed by atoms with Gasteiger partial charge in [0.2, 0.25) is 5.82 Å². The largest absolute Gasteiger partial charge is 0.490 e. The standard InChI is InChI=1S/C34H27ClN4O5/c1-3-42-30-16-22(10-14-29(30)43-20-32(40)37-25-12-8-21(2)9-13-25)19-36-39-33(38-27-7-5-4-6-26(27)34(39)41)31-18-23-17-24(35)11-15-28(23)44-31/h4-19H,3,20H2,1-2H3,(H,37,40). The molecule has 0 saturated carbocycles. The van der Waals surface area contributed by atoms with E-state index in [2.05, 4.69) is 10.4 Å². The van der Waals surface area contributed by atoms with Crippen LogP contribution >= 0.6 is 11.6 Å².